The summed E-state index contributed by atoms with van der Waals surface area (Å²) in [5, 5.41) is 2.87. The molecule has 0 radical (unpaired) electrons. The summed E-state index contributed by atoms with van der Waals surface area (Å²) in [5.74, 6) is -0.775. The Labute approximate surface area is 226 Å². The molecule has 0 aliphatic carbocycles. The van der Waals surface area contributed by atoms with Gasteiger partial charge in [0.2, 0.25) is 11.8 Å². The predicted molar refractivity (Wildman–Crippen MR) is 151 cm³/mol. The molecule has 0 saturated carbocycles. The smallest absolute Gasteiger partial charge is 0.264 e. The molecule has 7 nitrogen and oxygen atoms in total. The fourth-order valence-corrected chi connectivity index (χ4v) is 5.51. The van der Waals surface area contributed by atoms with Crippen molar-refractivity contribution in [2.75, 3.05) is 10.8 Å². The highest BCUT2D eigenvalue weighted by Crippen LogP contribution is 2.26. The van der Waals surface area contributed by atoms with Gasteiger partial charge in [-0.2, -0.15) is 0 Å². The van der Waals surface area contributed by atoms with Crippen LogP contribution in [-0.4, -0.2) is 43.8 Å². The summed E-state index contributed by atoms with van der Waals surface area (Å²) in [7, 11) is -4.07. The van der Waals surface area contributed by atoms with Crippen molar-refractivity contribution in [1.82, 2.24) is 10.2 Å². The van der Waals surface area contributed by atoms with Crippen LogP contribution >= 0.6 is 0 Å². The number of carbonyl (C=O) groups is 2. The third-order valence-electron chi connectivity index (χ3n) is 6.59. The van der Waals surface area contributed by atoms with Crippen molar-refractivity contribution < 1.29 is 18.0 Å². The van der Waals surface area contributed by atoms with Gasteiger partial charge in [0.05, 0.1) is 10.6 Å². The topological polar surface area (TPSA) is 86.8 Å². The zero-order chi connectivity index (χ0) is 28.0. The number of hydrogen-bond donors (Lipinski definition) is 1. The van der Waals surface area contributed by atoms with Crippen LogP contribution in [0.15, 0.2) is 77.7 Å². The average molecular weight is 536 g/mol. The zero-order valence-corrected chi connectivity index (χ0v) is 23.7. The summed E-state index contributed by atoms with van der Waals surface area (Å²) < 4.78 is 28.8. The third-order valence-corrected chi connectivity index (χ3v) is 8.38. The number of amides is 2. The lowest BCUT2D eigenvalue weighted by Crippen LogP contribution is -2.52. The summed E-state index contributed by atoms with van der Waals surface area (Å²) in [6.07, 6.45) is 0. The molecule has 1 N–H and O–H groups in total. The van der Waals surface area contributed by atoms with E-state index < -0.39 is 28.5 Å². The number of nitrogens with one attached hydrogen (secondary N) is 1. The highest BCUT2D eigenvalue weighted by molar-refractivity contribution is 7.92. The Morgan fingerprint density at radius 3 is 2.05 bits per heavy atom. The maximum absolute atomic E-state index is 13.9. The van der Waals surface area contributed by atoms with Crippen LogP contribution in [0.1, 0.15) is 43.0 Å². The first-order valence-corrected chi connectivity index (χ1v) is 14.1. The molecular formula is C30H37N3O4S. The molecule has 0 saturated heterocycles. The summed E-state index contributed by atoms with van der Waals surface area (Å²) in [6, 6.07) is 20.1. The standard InChI is InChI=1S/C30H37N3O4S/c1-21(2)31-30(35)25(6)32(19-26-13-11-10-12-23(26)4)29(34)20-33(27-17-16-22(3)24(5)18-27)38(36,37)28-14-8-7-9-15-28/h7-18,21,25H,19-20H2,1-6H3,(H,31,35)/t25-/m0/s1. The maximum atomic E-state index is 13.9. The fraction of sp³-hybridized carbons (Fsp3) is 0.333. The molecule has 0 aliphatic heterocycles. The fourth-order valence-electron chi connectivity index (χ4n) is 4.09. The molecule has 202 valence electrons. The van der Waals surface area contributed by atoms with E-state index in [1.807, 2.05) is 65.0 Å². The van der Waals surface area contributed by atoms with E-state index in [4.69, 9.17) is 0 Å². The van der Waals surface area contributed by atoms with Crippen molar-refractivity contribution in [3.05, 3.63) is 95.1 Å². The average Bonchev–Trinajstić information content (AvgIpc) is 2.88. The van der Waals surface area contributed by atoms with Gasteiger partial charge in [-0.05, 0) is 88.1 Å². The molecule has 0 heterocycles. The van der Waals surface area contributed by atoms with Gasteiger partial charge in [0.1, 0.15) is 12.6 Å². The van der Waals surface area contributed by atoms with Crippen molar-refractivity contribution >= 4 is 27.5 Å². The second-order valence-corrected chi connectivity index (χ2v) is 11.7. The van der Waals surface area contributed by atoms with Crippen LogP contribution in [0.3, 0.4) is 0 Å². The largest absolute Gasteiger partial charge is 0.352 e. The van der Waals surface area contributed by atoms with E-state index in [0.717, 1.165) is 26.6 Å². The minimum Gasteiger partial charge on any atom is -0.352 e. The predicted octanol–water partition coefficient (Wildman–Crippen LogP) is 4.75. The molecule has 0 unspecified atom stereocenters. The minimum atomic E-state index is -4.07. The monoisotopic (exact) mass is 535 g/mol. The SMILES string of the molecule is Cc1ccc(N(CC(=O)N(Cc2ccccc2C)[C@@H](C)C(=O)NC(C)C)S(=O)(=O)c2ccccc2)cc1C. The number of carbonyl (C=O) groups excluding carboxylic acids is 2. The van der Waals surface area contributed by atoms with Crippen molar-refractivity contribution in [3.8, 4) is 0 Å². The Hall–Kier alpha value is -3.65. The Kier molecular flexibility index (Phi) is 9.33. The molecule has 3 aromatic carbocycles. The molecule has 0 bridgehead atoms. The molecule has 1 atom stereocenters. The van der Waals surface area contributed by atoms with Crippen LogP contribution in [0.2, 0.25) is 0 Å². The number of anilines is 1. The van der Waals surface area contributed by atoms with E-state index in [0.29, 0.717) is 5.69 Å². The number of sulfonamides is 1. The van der Waals surface area contributed by atoms with E-state index in [-0.39, 0.29) is 23.4 Å². The van der Waals surface area contributed by atoms with Gasteiger partial charge in [-0.3, -0.25) is 13.9 Å². The van der Waals surface area contributed by atoms with Crippen LogP contribution in [0.4, 0.5) is 5.69 Å². The minimum absolute atomic E-state index is 0.0853. The van der Waals surface area contributed by atoms with E-state index in [9.17, 15) is 18.0 Å². The van der Waals surface area contributed by atoms with Crippen molar-refractivity contribution in [3.63, 3.8) is 0 Å². The molecule has 38 heavy (non-hydrogen) atoms. The highest BCUT2D eigenvalue weighted by atomic mass is 32.2. The maximum Gasteiger partial charge on any atom is 0.264 e. The van der Waals surface area contributed by atoms with Crippen LogP contribution in [0, 0.1) is 20.8 Å². The number of rotatable bonds is 10. The number of nitrogens with zero attached hydrogens (tertiary/aromatic N) is 2. The van der Waals surface area contributed by atoms with E-state index in [2.05, 4.69) is 5.32 Å². The van der Waals surface area contributed by atoms with Crippen LogP contribution in [0.5, 0.6) is 0 Å². The highest BCUT2D eigenvalue weighted by Gasteiger charge is 2.32. The third kappa shape index (κ3) is 6.81. The molecule has 0 spiro atoms. The van der Waals surface area contributed by atoms with Gasteiger partial charge in [0.25, 0.3) is 10.0 Å². The second kappa shape index (κ2) is 12.3. The summed E-state index contributed by atoms with van der Waals surface area (Å²) in [5.41, 5.74) is 4.17. The van der Waals surface area contributed by atoms with Crippen LogP contribution in [-0.2, 0) is 26.2 Å². The van der Waals surface area contributed by atoms with E-state index >= 15 is 0 Å². The zero-order valence-electron chi connectivity index (χ0n) is 22.9. The normalized spacial score (nSPS) is 12.2. The lowest BCUT2D eigenvalue weighted by molar-refractivity contribution is -0.139. The lowest BCUT2D eigenvalue weighted by atomic mass is 10.1. The van der Waals surface area contributed by atoms with Crippen molar-refractivity contribution in [2.45, 2.75) is 65.1 Å². The second-order valence-electron chi connectivity index (χ2n) is 9.88. The molecule has 0 aliphatic rings. The van der Waals surface area contributed by atoms with Gasteiger partial charge in [0, 0.05) is 12.6 Å². The summed E-state index contributed by atoms with van der Waals surface area (Å²) >= 11 is 0. The number of benzene rings is 3. The van der Waals surface area contributed by atoms with Crippen LogP contribution in [0.25, 0.3) is 0 Å². The molecule has 0 fully saturated rings. The Morgan fingerprint density at radius 2 is 1.45 bits per heavy atom. The first kappa shape index (κ1) is 28.9. The Bertz CT molecular complexity index is 1390. The van der Waals surface area contributed by atoms with Crippen LogP contribution < -0.4 is 9.62 Å². The molecule has 2 amide bonds. The number of hydrogen-bond acceptors (Lipinski definition) is 4. The first-order chi connectivity index (χ1) is 17.9. The van der Waals surface area contributed by atoms with Crippen molar-refractivity contribution in [1.29, 1.82) is 0 Å². The van der Waals surface area contributed by atoms with Gasteiger partial charge in [0.15, 0.2) is 0 Å². The van der Waals surface area contributed by atoms with Gasteiger partial charge >= 0.3 is 0 Å². The number of aryl methyl sites for hydroxylation is 3. The molecule has 8 heteroatoms. The van der Waals surface area contributed by atoms with Gasteiger partial charge in [-0.15, -0.1) is 0 Å². The quantitative estimate of drug-likeness (QED) is 0.406. The van der Waals surface area contributed by atoms with E-state index in [1.54, 1.807) is 37.3 Å². The molecule has 3 rings (SSSR count). The lowest BCUT2D eigenvalue weighted by Gasteiger charge is -2.32. The van der Waals surface area contributed by atoms with Gasteiger partial charge in [-0.25, -0.2) is 8.42 Å². The molecular weight excluding hydrogens is 498 g/mol. The van der Waals surface area contributed by atoms with E-state index in [1.165, 1.54) is 17.0 Å². The van der Waals surface area contributed by atoms with Gasteiger partial charge < -0.3 is 10.2 Å². The summed E-state index contributed by atoms with van der Waals surface area (Å²) in [6.45, 7) is 10.9. The summed E-state index contributed by atoms with van der Waals surface area (Å²) in [4.78, 5) is 28.5. The van der Waals surface area contributed by atoms with Gasteiger partial charge in [-0.1, -0.05) is 48.5 Å². The molecule has 3 aromatic rings. The Balaban J connectivity index is 2.06. The van der Waals surface area contributed by atoms with Crippen molar-refractivity contribution in [2.24, 2.45) is 0 Å². The first-order valence-electron chi connectivity index (χ1n) is 12.7. The molecule has 0 aromatic heterocycles. The Morgan fingerprint density at radius 1 is 0.816 bits per heavy atom.